The maximum atomic E-state index is 11.9. The molecule has 0 bridgehead atoms. The van der Waals surface area contributed by atoms with Gasteiger partial charge in [-0.1, -0.05) is 37.5 Å². The Balaban J connectivity index is 1.52. The van der Waals surface area contributed by atoms with Crippen LogP contribution in [-0.4, -0.2) is 24.5 Å². The molecule has 0 saturated heterocycles. The van der Waals surface area contributed by atoms with Crippen molar-refractivity contribution in [1.82, 2.24) is 5.32 Å². The number of hydrogen-bond donors (Lipinski definition) is 1. The highest BCUT2D eigenvalue weighted by molar-refractivity contribution is 5.93. The van der Waals surface area contributed by atoms with Crippen molar-refractivity contribution in [2.45, 2.75) is 38.1 Å². The number of para-hydroxylation sites is 1. The number of amides is 1. The fourth-order valence-electron chi connectivity index (χ4n) is 2.80. The van der Waals surface area contributed by atoms with Crippen molar-refractivity contribution in [3.05, 3.63) is 36.1 Å². The Morgan fingerprint density at radius 1 is 1.18 bits per heavy atom. The Labute approximate surface area is 128 Å². The number of rotatable bonds is 4. The third-order valence-electron chi connectivity index (χ3n) is 3.93. The molecule has 1 amide bonds. The Morgan fingerprint density at radius 2 is 1.95 bits per heavy atom. The van der Waals surface area contributed by atoms with Crippen LogP contribution in [0.25, 0.3) is 11.0 Å². The summed E-state index contributed by atoms with van der Waals surface area (Å²) < 4.78 is 10.4. The Bertz CT molecular complexity index is 637. The maximum Gasteiger partial charge on any atom is 0.374 e. The van der Waals surface area contributed by atoms with Gasteiger partial charge in [-0.3, -0.25) is 4.79 Å². The van der Waals surface area contributed by atoms with Gasteiger partial charge in [-0.15, -0.1) is 0 Å². The van der Waals surface area contributed by atoms with E-state index in [1.807, 2.05) is 18.2 Å². The number of furan rings is 1. The van der Waals surface area contributed by atoms with E-state index in [9.17, 15) is 9.59 Å². The van der Waals surface area contributed by atoms with E-state index in [1.54, 1.807) is 12.1 Å². The van der Waals surface area contributed by atoms with E-state index in [0.717, 1.165) is 31.1 Å². The van der Waals surface area contributed by atoms with Crippen LogP contribution < -0.4 is 5.32 Å². The van der Waals surface area contributed by atoms with Gasteiger partial charge in [-0.25, -0.2) is 4.79 Å². The van der Waals surface area contributed by atoms with Crippen LogP contribution in [-0.2, 0) is 9.53 Å². The average Bonchev–Trinajstić information content (AvgIpc) is 2.98. The molecular weight excluding hydrogens is 282 g/mol. The fraction of sp³-hybridized carbons (Fsp3) is 0.412. The zero-order valence-electron chi connectivity index (χ0n) is 12.3. The lowest BCUT2D eigenvalue weighted by Gasteiger charge is -2.22. The van der Waals surface area contributed by atoms with Gasteiger partial charge in [-0.05, 0) is 25.0 Å². The molecule has 116 valence electrons. The normalized spacial score (nSPS) is 15.6. The van der Waals surface area contributed by atoms with Gasteiger partial charge in [0.25, 0.3) is 5.91 Å². The van der Waals surface area contributed by atoms with Crippen molar-refractivity contribution in [2.24, 2.45) is 0 Å². The molecule has 3 rings (SSSR count). The molecule has 1 saturated carbocycles. The minimum atomic E-state index is -0.616. The third kappa shape index (κ3) is 3.47. The van der Waals surface area contributed by atoms with Crippen LogP contribution in [0, 0.1) is 0 Å². The lowest BCUT2D eigenvalue weighted by atomic mass is 9.95. The van der Waals surface area contributed by atoms with Crippen LogP contribution in [0.4, 0.5) is 0 Å². The lowest BCUT2D eigenvalue weighted by molar-refractivity contribution is -0.125. The average molecular weight is 301 g/mol. The van der Waals surface area contributed by atoms with Gasteiger partial charge in [0.05, 0.1) is 0 Å². The summed E-state index contributed by atoms with van der Waals surface area (Å²) in [6.45, 7) is -0.271. The number of carbonyl (C=O) groups excluding carboxylic acids is 2. The van der Waals surface area contributed by atoms with Crippen LogP contribution in [0.15, 0.2) is 34.7 Å². The molecule has 1 aliphatic rings. The van der Waals surface area contributed by atoms with Gasteiger partial charge < -0.3 is 14.5 Å². The molecule has 1 aromatic carbocycles. The Hall–Kier alpha value is -2.30. The molecule has 0 atom stereocenters. The summed E-state index contributed by atoms with van der Waals surface area (Å²) in [5.41, 5.74) is 0.626. The standard InChI is InChI=1S/C17H19NO4/c19-16(18-13-7-2-1-3-8-13)11-21-17(20)15-10-12-6-4-5-9-14(12)22-15/h4-6,9-10,13H,1-3,7-8,11H2,(H,18,19). The molecule has 0 spiro atoms. The second-order valence-corrected chi connectivity index (χ2v) is 5.63. The highest BCUT2D eigenvalue weighted by Crippen LogP contribution is 2.19. The predicted octanol–water partition coefficient (Wildman–Crippen LogP) is 3.04. The summed E-state index contributed by atoms with van der Waals surface area (Å²) in [4.78, 5) is 23.7. The topological polar surface area (TPSA) is 68.5 Å². The summed E-state index contributed by atoms with van der Waals surface area (Å²) in [6.07, 6.45) is 5.52. The van der Waals surface area contributed by atoms with E-state index < -0.39 is 5.97 Å². The molecule has 0 radical (unpaired) electrons. The molecule has 1 N–H and O–H groups in total. The third-order valence-corrected chi connectivity index (χ3v) is 3.93. The van der Waals surface area contributed by atoms with Crippen LogP contribution in [0.2, 0.25) is 0 Å². The van der Waals surface area contributed by atoms with Gasteiger partial charge in [0.1, 0.15) is 5.58 Å². The number of hydrogen-bond acceptors (Lipinski definition) is 4. The molecule has 1 aromatic heterocycles. The van der Waals surface area contributed by atoms with Crippen molar-refractivity contribution >= 4 is 22.8 Å². The zero-order valence-corrected chi connectivity index (χ0v) is 12.3. The van der Waals surface area contributed by atoms with E-state index in [-0.39, 0.29) is 24.3 Å². The number of carbonyl (C=O) groups is 2. The van der Waals surface area contributed by atoms with Crippen LogP contribution in [0.3, 0.4) is 0 Å². The first-order valence-corrected chi connectivity index (χ1v) is 7.67. The quantitative estimate of drug-likeness (QED) is 0.881. The van der Waals surface area contributed by atoms with E-state index in [2.05, 4.69) is 5.32 Å². The minimum Gasteiger partial charge on any atom is -0.450 e. The minimum absolute atomic E-state index is 0.117. The van der Waals surface area contributed by atoms with Crippen molar-refractivity contribution in [3.63, 3.8) is 0 Å². The Kier molecular flexibility index (Phi) is 4.42. The summed E-state index contributed by atoms with van der Waals surface area (Å²) in [5, 5.41) is 3.74. The molecule has 2 aromatic rings. The maximum absolute atomic E-state index is 11.9. The summed E-state index contributed by atoms with van der Waals surface area (Å²) in [5.74, 6) is -0.752. The summed E-state index contributed by atoms with van der Waals surface area (Å²) in [7, 11) is 0. The summed E-state index contributed by atoms with van der Waals surface area (Å²) >= 11 is 0. The molecular formula is C17H19NO4. The largest absolute Gasteiger partial charge is 0.450 e. The SMILES string of the molecule is O=C(COC(=O)c1cc2ccccc2o1)NC1CCCCC1. The van der Waals surface area contributed by atoms with Gasteiger partial charge in [-0.2, -0.15) is 0 Å². The molecule has 0 unspecified atom stereocenters. The highest BCUT2D eigenvalue weighted by Gasteiger charge is 2.18. The number of esters is 1. The number of ether oxygens (including phenoxy) is 1. The van der Waals surface area contributed by atoms with Crippen molar-refractivity contribution in [3.8, 4) is 0 Å². The van der Waals surface area contributed by atoms with Crippen molar-refractivity contribution < 1.29 is 18.7 Å². The van der Waals surface area contributed by atoms with Gasteiger partial charge in [0, 0.05) is 11.4 Å². The first-order chi connectivity index (χ1) is 10.7. The van der Waals surface area contributed by atoms with Crippen molar-refractivity contribution in [2.75, 3.05) is 6.61 Å². The monoisotopic (exact) mass is 301 g/mol. The van der Waals surface area contributed by atoms with Crippen LogP contribution >= 0.6 is 0 Å². The van der Waals surface area contributed by atoms with Gasteiger partial charge >= 0.3 is 5.97 Å². The number of fused-ring (bicyclic) bond motifs is 1. The van der Waals surface area contributed by atoms with E-state index in [0.29, 0.717) is 5.58 Å². The van der Waals surface area contributed by atoms with E-state index in [4.69, 9.17) is 9.15 Å². The highest BCUT2D eigenvalue weighted by atomic mass is 16.5. The first kappa shape index (κ1) is 14.6. The van der Waals surface area contributed by atoms with Gasteiger partial charge in [0.15, 0.2) is 6.61 Å². The van der Waals surface area contributed by atoms with Crippen LogP contribution in [0.5, 0.6) is 0 Å². The summed E-state index contributed by atoms with van der Waals surface area (Å²) in [6, 6.07) is 9.17. The zero-order chi connectivity index (χ0) is 15.4. The second kappa shape index (κ2) is 6.64. The van der Waals surface area contributed by atoms with Crippen molar-refractivity contribution in [1.29, 1.82) is 0 Å². The van der Waals surface area contributed by atoms with E-state index in [1.165, 1.54) is 6.42 Å². The molecule has 22 heavy (non-hydrogen) atoms. The molecule has 0 aliphatic heterocycles. The number of nitrogens with one attached hydrogen (secondary N) is 1. The van der Waals surface area contributed by atoms with Gasteiger partial charge in [0.2, 0.25) is 5.76 Å². The molecule has 5 nitrogen and oxygen atoms in total. The molecule has 5 heteroatoms. The molecule has 1 heterocycles. The van der Waals surface area contributed by atoms with E-state index >= 15 is 0 Å². The molecule has 1 aliphatic carbocycles. The first-order valence-electron chi connectivity index (χ1n) is 7.67. The smallest absolute Gasteiger partial charge is 0.374 e. The van der Waals surface area contributed by atoms with Crippen LogP contribution in [0.1, 0.15) is 42.7 Å². The molecule has 1 fully saturated rings. The lowest BCUT2D eigenvalue weighted by Crippen LogP contribution is -2.38. The fourth-order valence-corrected chi connectivity index (χ4v) is 2.80. The predicted molar refractivity (Wildman–Crippen MR) is 81.5 cm³/mol. The number of benzene rings is 1. The second-order valence-electron chi connectivity index (χ2n) is 5.63. The Morgan fingerprint density at radius 3 is 2.73 bits per heavy atom.